The lowest BCUT2D eigenvalue weighted by Gasteiger charge is -2.23. The average molecular weight is 340 g/mol. The Bertz CT molecular complexity index is 289. The Hall–Kier alpha value is -0.0300. The van der Waals surface area contributed by atoms with Crippen LogP contribution >= 0.6 is 24.8 Å². The number of likely N-dealkylation sites (tertiary alicyclic amines) is 1. The number of nitrogens with zero attached hydrogens (tertiary/aromatic N) is 1. The quantitative estimate of drug-likeness (QED) is 0.756. The minimum Gasteiger partial charge on any atom is -0.354 e. The normalized spacial score (nSPS) is 21.8. The van der Waals surface area contributed by atoms with Gasteiger partial charge >= 0.3 is 0 Å². The molecule has 1 amide bonds. The van der Waals surface area contributed by atoms with Gasteiger partial charge in [-0.25, -0.2) is 0 Å². The van der Waals surface area contributed by atoms with Gasteiger partial charge in [-0.2, -0.15) is 0 Å². The molecule has 126 valence electrons. The first-order valence-electron chi connectivity index (χ1n) is 8.00. The van der Waals surface area contributed by atoms with Crippen LogP contribution in [0, 0.1) is 0 Å². The predicted molar refractivity (Wildman–Crippen MR) is 92.4 cm³/mol. The summed E-state index contributed by atoms with van der Waals surface area (Å²) in [5, 5.41) is 3.03. The zero-order valence-electron chi connectivity index (χ0n) is 12.9. The zero-order valence-corrected chi connectivity index (χ0v) is 14.6. The lowest BCUT2D eigenvalue weighted by molar-refractivity contribution is -0.126. The second kappa shape index (κ2) is 10.7. The highest BCUT2D eigenvalue weighted by Crippen LogP contribution is 2.27. The summed E-state index contributed by atoms with van der Waals surface area (Å²) in [6.45, 7) is 4.34. The number of nitrogens with two attached hydrogens (primary N) is 1. The highest BCUT2D eigenvalue weighted by atomic mass is 35.5. The molecule has 1 aliphatic heterocycles. The van der Waals surface area contributed by atoms with Gasteiger partial charge in [0.25, 0.3) is 0 Å². The second-order valence-corrected chi connectivity index (χ2v) is 6.23. The van der Waals surface area contributed by atoms with Gasteiger partial charge in [-0.05, 0) is 51.7 Å². The fourth-order valence-electron chi connectivity index (χ4n) is 3.27. The molecule has 2 fully saturated rings. The van der Waals surface area contributed by atoms with Crippen molar-refractivity contribution in [1.82, 2.24) is 10.2 Å². The minimum absolute atomic E-state index is 0. The van der Waals surface area contributed by atoms with Crippen LogP contribution in [-0.2, 0) is 4.79 Å². The number of hydrogen-bond acceptors (Lipinski definition) is 3. The highest BCUT2D eigenvalue weighted by molar-refractivity contribution is 5.86. The molecule has 0 unspecified atom stereocenters. The number of amides is 1. The summed E-state index contributed by atoms with van der Waals surface area (Å²) in [4.78, 5) is 14.6. The molecular weight excluding hydrogens is 309 g/mol. The molecule has 0 aromatic heterocycles. The van der Waals surface area contributed by atoms with Gasteiger partial charge < -0.3 is 16.0 Å². The first-order chi connectivity index (χ1) is 9.21. The molecule has 3 N–H and O–H groups in total. The Morgan fingerprint density at radius 1 is 1.00 bits per heavy atom. The standard InChI is InChI=1S/C15H29N3O.2ClH/c16-15(8-3-4-9-15)14(19)17-10-7-13-18-11-5-1-2-6-12-18;;/h1-13,16H2,(H,17,19);2*1H. The summed E-state index contributed by atoms with van der Waals surface area (Å²) in [6, 6.07) is 0. The lowest BCUT2D eigenvalue weighted by atomic mass is 9.98. The van der Waals surface area contributed by atoms with Crippen LogP contribution in [0.1, 0.15) is 57.8 Å². The van der Waals surface area contributed by atoms with Crippen LogP contribution in [0.25, 0.3) is 0 Å². The van der Waals surface area contributed by atoms with E-state index in [9.17, 15) is 4.79 Å². The average Bonchev–Trinajstić information content (AvgIpc) is 2.70. The van der Waals surface area contributed by atoms with Gasteiger partial charge in [-0.15, -0.1) is 24.8 Å². The number of hydrogen-bond donors (Lipinski definition) is 2. The van der Waals surface area contributed by atoms with Gasteiger partial charge in [-0.1, -0.05) is 25.7 Å². The molecule has 0 bridgehead atoms. The van der Waals surface area contributed by atoms with Crippen molar-refractivity contribution in [1.29, 1.82) is 0 Å². The van der Waals surface area contributed by atoms with Crippen molar-refractivity contribution in [3.8, 4) is 0 Å². The van der Waals surface area contributed by atoms with Crippen molar-refractivity contribution in [2.24, 2.45) is 5.73 Å². The molecule has 2 aliphatic rings. The van der Waals surface area contributed by atoms with E-state index in [4.69, 9.17) is 5.73 Å². The molecule has 1 heterocycles. The third kappa shape index (κ3) is 6.72. The van der Waals surface area contributed by atoms with E-state index in [2.05, 4.69) is 10.2 Å². The van der Waals surface area contributed by atoms with E-state index < -0.39 is 5.54 Å². The van der Waals surface area contributed by atoms with Crippen molar-refractivity contribution in [3.05, 3.63) is 0 Å². The zero-order chi connectivity index (χ0) is 13.6. The van der Waals surface area contributed by atoms with Gasteiger partial charge in [0.05, 0.1) is 5.54 Å². The van der Waals surface area contributed by atoms with Crippen LogP contribution in [0.15, 0.2) is 0 Å². The summed E-state index contributed by atoms with van der Waals surface area (Å²) >= 11 is 0. The van der Waals surface area contributed by atoms with Crippen molar-refractivity contribution in [2.45, 2.75) is 63.3 Å². The van der Waals surface area contributed by atoms with E-state index in [0.29, 0.717) is 0 Å². The number of carbonyl (C=O) groups excluding carboxylic acids is 1. The van der Waals surface area contributed by atoms with Crippen molar-refractivity contribution in [3.63, 3.8) is 0 Å². The van der Waals surface area contributed by atoms with E-state index in [1.807, 2.05) is 0 Å². The van der Waals surface area contributed by atoms with E-state index in [1.165, 1.54) is 38.8 Å². The Kier molecular flexibility index (Phi) is 10.6. The van der Waals surface area contributed by atoms with Gasteiger partial charge in [0.2, 0.25) is 5.91 Å². The summed E-state index contributed by atoms with van der Waals surface area (Å²) in [7, 11) is 0. The smallest absolute Gasteiger partial charge is 0.240 e. The van der Waals surface area contributed by atoms with Gasteiger partial charge in [0.15, 0.2) is 0 Å². The predicted octanol–water partition coefficient (Wildman–Crippen LogP) is 2.48. The van der Waals surface area contributed by atoms with E-state index in [0.717, 1.165) is 45.2 Å². The van der Waals surface area contributed by atoms with Gasteiger partial charge in [0, 0.05) is 6.54 Å². The molecule has 1 saturated carbocycles. The van der Waals surface area contributed by atoms with Crippen molar-refractivity contribution in [2.75, 3.05) is 26.2 Å². The van der Waals surface area contributed by atoms with Crippen LogP contribution in [0.2, 0.25) is 0 Å². The number of nitrogens with one attached hydrogen (secondary N) is 1. The van der Waals surface area contributed by atoms with Crippen molar-refractivity contribution < 1.29 is 4.79 Å². The summed E-state index contributed by atoms with van der Waals surface area (Å²) in [6.07, 6.45) is 10.4. The Labute approximate surface area is 141 Å². The second-order valence-electron chi connectivity index (χ2n) is 6.23. The van der Waals surface area contributed by atoms with Crippen LogP contribution in [0.5, 0.6) is 0 Å². The Balaban J connectivity index is 0.00000200. The first kappa shape index (κ1) is 21.0. The molecule has 0 atom stereocenters. The number of halogens is 2. The number of rotatable bonds is 5. The summed E-state index contributed by atoms with van der Waals surface area (Å²) in [5.41, 5.74) is 5.56. The van der Waals surface area contributed by atoms with Gasteiger partial charge in [-0.3, -0.25) is 4.79 Å². The minimum atomic E-state index is -0.567. The fraction of sp³-hybridized carbons (Fsp3) is 0.933. The Morgan fingerprint density at radius 2 is 1.57 bits per heavy atom. The molecule has 0 aromatic carbocycles. The molecule has 21 heavy (non-hydrogen) atoms. The third-order valence-corrected chi connectivity index (χ3v) is 4.58. The van der Waals surface area contributed by atoms with Crippen LogP contribution in [0.4, 0.5) is 0 Å². The topological polar surface area (TPSA) is 58.4 Å². The molecule has 4 nitrogen and oxygen atoms in total. The molecule has 2 rings (SSSR count). The maximum Gasteiger partial charge on any atom is 0.240 e. The largest absolute Gasteiger partial charge is 0.354 e. The molecule has 0 aromatic rings. The molecule has 1 aliphatic carbocycles. The summed E-state index contributed by atoms with van der Waals surface area (Å²) < 4.78 is 0. The van der Waals surface area contributed by atoms with E-state index in [1.54, 1.807) is 0 Å². The van der Waals surface area contributed by atoms with Crippen LogP contribution in [0.3, 0.4) is 0 Å². The molecule has 0 radical (unpaired) electrons. The maximum absolute atomic E-state index is 12.0. The van der Waals surface area contributed by atoms with Crippen LogP contribution in [-0.4, -0.2) is 42.5 Å². The van der Waals surface area contributed by atoms with Gasteiger partial charge in [0.1, 0.15) is 0 Å². The molecule has 6 heteroatoms. The maximum atomic E-state index is 12.0. The molecule has 0 spiro atoms. The first-order valence-corrected chi connectivity index (χ1v) is 8.00. The van der Waals surface area contributed by atoms with E-state index >= 15 is 0 Å². The third-order valence-electron chi connectivity index (χ3n) is 4.58. The highest BCUT2D eigenvalue weighted by Gasteiger charge is 2.36. The fourth-order valence-corrected chi connectivity index (χ4v) is 3.27. The monoisotopic (exact) mass is 339 g/mol. The summed E-state index contributed by atoms with van der Waals surface area (Å²) in [5.74, 6) is 0.0702. The SMILES string of the molecule is Cl.Cl.NC1(C(=O)NCCCN2CCCCCC2)CCCC1. The lowest BCUT2D eigenvalue weighted by Crippen LogP contribution is -2.52. The van der Waals surface area contributed by atoms with E-state index in [-0.39, 0.29) is 30.7 Å². The van der Waals surface area contributed by atoms with Crippen molar-refractivity contribution >= 4 is 30.7 Å². The Morgan fingerprint density at radius 3 is 2.14 bits per heavy atom. The number of carbonyl (C=O) groups is 1. The molecule has 1 saturated heterocycles. The molecular formula is C15H31Cl2N3O. The van der Waals surface area contributed by atoms with Crippen LogP contribution < -0.4 is 11.1 Å².